The minimum Gasteiger partial charge on any atom is -0.381 e. The Morgan fingerprint density at radius 3 is 2.58 bits per heavy atom. The number of hydrogen-bond donors (Lipinski definition) is 1. The molecule has 0 saturated carbocycles. The van der Waals surface area contributed by atoms with Gasteiger partial charge >= 0.3 is 0 Å². The summed E-state index contributed by atoms with van der Waals surface area (Å²) in [5.74, 6) is -1.10. The van der Waals surface area contributed by atoms with Crippen LogP contribution in [0, 0.1) is 5.82 Å². The highest BCUT2D eigenvalue weighted by Gasteiger charge is 2.13. The lowest BCUT2D eigenvalue weighted by Crippen LogP contribution is -2.25. The number of ether oxygens (including phenoxy) is 1. The fraction of sp³-hybridized carbons (Fsp3) is 0.278. The number of nitrogens with one attached hydrogen (secondary N) is 1. The van der Waals surface area contributed by atoms with Crippen LogP contribution in [-0.4, -0.2) is 25.7 Å². The van der Waals surface area contributed by atoms with Gasteiger partial charge in [0.2, 0.25) is 0 Å². The maximum Gasteiger partial charge on any atom is 0.252 e. The average molecular weight is 370 g/mol. The van der Waals surface area contributed by atoms with Gasteiger partial charge in [-0.3, -0.25) is 4.79 Å². The summed E-state index contributed by atoms with van der Waals surface area (Å²) in [5.41, 5.74) is 1.30. The average Bonchev–Trinajstić information content (AvgIpc) is 2.58. The summed E-state index contributed by atoms with van der Waals surface area (Å²) >= 11 is 11.5. The standard InChI is InChI=1S/C18H18Cl2FNO2/c19-15-12-16(20)17(21)11-14(15)18(23)22-8-4-9-24-10-7-13-5-2-1-3-6-13/h1-3,5-6,11-12H,4,7-10H2,(H,22,23). The molecular weight excluding hydrogens is 352 g/mol. The van der Waals surface area contributed by atoms with E-state index in [1.54, 1.807) is 0 Å². The van der Waals surface area contributed by atoms with E-state index in [0.29, 0.717) is 26.2 Å². The highest BCUT2D eigenvalue weighted by molar-refractivity contribution is 6.36. The highest BCUT2D eigenvalue weighted by Crippen LogP contribution is 2.24. The Morgan fingerprint density at radius 2 is 1.83 bits per heavy atom. The maximum absolute atomic E-state index is 13.4. The van der Waals surface area contributed by atoms with E-state index in [1.807, 2.05) is 18.2 Å². The molecule has 0 bridgehead atoms. The number of amides is 1. The first kappa shape index (κ1) is 18.7. The SMILES string of the molecule is O=C(NCCCOCCc1ccccc1)c1cc(F)c(Cl)cc1Cl. The first-order chi connectivity index (χ1) is 11.6. The zero-order chi connectivity index (χ0) is 17.4. The van der Waals surface area contributed by atoms with Crippen LogP contribution >= 0.6 is 23.2 Å². The second-order valence-corrected chi connectivity index (χ2v) is 6.02. The smallest absolute Gasteiger partial charge is 0.252 e. The number of benzene rings is 2. The van der Waals surface area contributed by atoms with Crippen LogP contribution in [0.4, 0.5) is 4.39 Å². The molecule has 0 saturated heterocycles. The molecular formula is C18H18Cl2FNO2. The summed E-state index contributed by atoms with van der Waals surface area (Å²) in [4.78, 5) is 12.0. The molecule has 0 fully saturated rings. The van der Waals surface area contributed by atoms with Gasteiger partial charge in [-0.05, 0) is 30.5 Å². The lowest BCUT2D eigenvalue weighted by molar-refractivity contribution is 0.0942. The maximum atomic E-state index is 13.4. The molecule has 2 rings (SSSR count). The molecule has 0 spiro atoms. The second-order valence-electron chi connectivity index (χ2n) is 5.20. The molecule has 0 aliphatic heterocycles. The number of halogens is 3. The van der Waals surface area contributed by atoms with Crippen LogP contribution in [0.2, 0.25) is 10.0 Å². The zero-order valence-electron chi connectivity index (χ0n) is 13.0. The Bertz CT molecular complexity index is 680. The Balaban J connectivity index is 1.64. The zero-order valence-corrected chi connectivity index (χ0v) is 14.5. The van der Waals surface area contributed by atoms with Gasteiger partial charge in [0, 0.05) is 13.2 Å². The van der Waals surface area contributed by atoms with E-state index in [-0.39, 0.29) is 15.6 Å². The summed E-state index contributed by atoms with van der Waals surface area (Å²) in [6.45, 7) is 1.59. The minimum absolute atomic E-state index is 0.0727. The Kier molecular flexibility index (Phi) is 7.50. The summed E-state index contributed by atoms with van der Waals surface area (Å²) in [7, 11) is 0. The van der Waals surface area contributed by atoms with Gasteiger partial charge in [-0.15, -0.1) is 0 Å². The molecule has 6 heteroatoms. The lowest BCUT2D eigenvalue weighted by atomic mass is 10.2. The third-order valence-electron chi connectivity index (χ3n) is 3.38. The molecule has 2 aromatic rings. The molecule has 0 unspecified atom stereocenters. The van der Waals surface area contributed by atoms with Crippen molar-refractivity contribution in [2.75, 3.05) is 19.8 Å². The van der Waals surface area contributed by atoms with Crippen molar-refractivity contribution in [1.29, 1.82) is 0 Å². The predicted octanol–water partition coefficient (Wildman–Crippen LogP) is 4.51. The van der Waals surface area contributed by atoms with Crippen molar-refractivity contribution in [2.45, 2.75) is 12.8 Å². The highest BCUT2D eigenvalue weighted by atomic mass is 35.5. The first-order valence-electron chi connectivity index (χ1n) is 7.62. The first-order valence-corrected chi connectivity index (χ1v) is 8.38. The van der Waals surface area contributed by atoms with E-state index >= 15 is 0 Å². The van der Waals surface area contributed by atoms with E-state index in [1.165, 1.54) is 11.6 Å². The van der Waals surface area contributed by atoms with Crippen LogP contribution in [0.3, 0.4) is 0 Å². The number of carbonyl (C=O) groups is 1. The summed E-state index contributed by atoms with van der Waals surface area (Å²) in [5, 5.41) is 2.70. The van der Waals surface area contributed by atoms with Crippen molar-refractivity contribution in [3.63, 3.8) is 0 Å². The third-order valence-corrected chi connectivity index (χ3v) is 3.99. The molecule has 1 amide bonds. The van der Waals surface area contributed by atoms with E-state index in [2.05, 4.69) is 17.4 Å². The molecule has 3 nitrogen and oxygen atoms in total. The lowest BCUT2D eigenvalue weighted by Gasteiger charge is -2.08. The Labute approximate surface area is 150 Å². The largest absolute Gasteiger partial charge is 0.381 e. The van der Waals surface area contributed by atoms with Crippen molar-refractivity contribution in [2.24, 2.45) is 0 Å². The molecule has 0 aliphatic rings. The van der Waals surface area contributed by atoms with Crippen LogP contribution in [-0.2, 0) is 11.2 Å². The van der Waals surface area contributed by atoms with Crippen molar-refractivity contribution >= 4 is 29.1 Å². The summed E-state index contributed by atoms with van der Waals surface area (Å²) < 4.78 is 18.9. The van der Waals surface area contributed by atoms with Crippen LogP contribution in [0.15, 0.2) is 42.5 Å². The van der Waals surface area contributed by atoms with Gasteiger partial charge in [-0.2, -0.15) is 0 Å². The molecule has 24 heavy (non-hydrogen) atoms. The number of hydrogen-bond acceptors (Lipinski definition) is 2. The minimum atomic E-state index is -0.671. The normalized spacial score (nSPS) is 10.6. The van der Waals surface area contributed by atoms with Crippen LogP contribution in [0.1, 0.15) is 22.3 Å². The van der Waals surface area contributed by atoms with Gasteiger partial charge in [-0.1, -0.05) is 53.5 Å². The van der Waals surface area contributed by atoms with Gasteiger partial charge in [0.15, 0.2) is 0 Å². The molecule has 0 atom stereocenters. The van der Waals surface area contributed by atoms with Crippen LogP contribution in [0.25, 0.3) is 0 Å². The molecule has 1 N–H and O–H groups in total. The third kappa shape index (κ3) is 5.78. The summed E-state index contributed by atoms with van der Waals surface area (Å²) in [6.07, 6.45) is 1.51. The molecule has 0 aromatic heterocycles. The quantitative estimate of drug-likeness (QED) is 0.549. The van der Waals surface area contributed by atoms with Crippen LogP contribution < -0.4 is 5.32 Å². The Hall–Kier alpha value is -1.62. The van der Waals surface area contributed by atoms with Gasteiger partial charge in [0.1, 0.15) is 5.82 Å². The van der Waals surface area contributed by atoms with Gasteiger partial charge in [0.25, 0.3) is 5.91 Å². The fourth-order valence-corrected chi connectivity index (χ4v) is 2.57. The molecule has 0 aliphatic carbocycles. The van der Waals surface area contributed by atoms with Gasteiger partial charge < -0.3 is 10.1 Å². The Morgan fingerprint density at radius 1 is 1.08 bits per heavy atom. The van der Waals surface area contributed by atoms with Crippen molar-refractivity contribution in [3.05, 3.63) is 69.5 Å². The predicted molar refractivity (Wildman–Crippen MR) is 94.3 cm³/mol. The van der Waals surface area contributed by atoms with Gasteiger partial charge in [0.05, 0.1) is 22.2 Å². The van der Waals surface area contributed by atoms with Crippen molar-refractivity contribution in [3.8, 4) is 0 Å². The number of carbonyl (C=O) groups excluding carboxylic acids is 1. The molecule has 0 radical (unpaired) electrons. The molecule has 0 heterocycles. The number of rotatable bonds is 8. The summed E-state index contributed by atoms with van der Waals surface area (Å²) in [6, 6.07) is 12.3. The topological polar surface area (TPSA) is 38.3 Å². The van der Waals surface area contributed by atoms with Gasteiger partial charge in [-0.25, -0.2) is 4.39 Å². The van der Waals surface area contributed by atoms with E-state index in [9.17, 15) is 9.18 Å². The van der Waals surface area contributed by atoms with E-state index < -0.39 is 11.7 Å². The van der Waals surface area contributed by atoms with E-state index in [0.717, 1.165) is 12.5 Å². The fourth-order valence-electron chi connectivity index (χ4n) is 2.10. The monoisotopic (exact) mass is 369 g/mol. The van der Waals surface area contributed by atoms with E-state index in [4.69, 9.17) is 27.9 Å². The second kappa shape index (κ2) is 9.62. The molecule has 128 valence electrons. The van der Waals surface area contributed by atoms with Crippen molar-refractivity contribution < 1.29 is 13.9 Å². The van der Waals surface area contributed by atoms with Crippen LogP contribution in [0.5, 0.6) is 0 Å². The molecule has 2 aromatic carbocycles. The van der Waals surface area contributed by atoms with Crippen molar-refractivity contribution in [1.82, 2.24) is 5.32 Å².